The molecule has 0 bridgehead atoms. The second kappa shape index (κ2) is 8.69. The van der Waals surface area contributed by atoms with Crippen molar-refractivity contribution in [3.05, 3.63) is 59.3 Å². The molecule has 32 heavy (non-hydrogen) atoms. The van der Waals surface area contributed by atoms with Crippen LogP contribution in [0, 0.1) is 0 Å². The molecule has 166 valence electrons. The smallest absolute Gasteiger partial charge is 0.321 e. The molecule has 10 nitrogen and oxygen atoms in total. The van der Waals surface area contributed by atoms with Crippen LogP contribution in [0.15, 0.2) is 43.0 Å². The highest BCUT2D eigenvalue weighted by molar-refractivity contribution is 7.17. The van der Waals surface area contributed by atoms with Gasteiger partial charge in [0.05, 0.1) is 37.0 Å². The molecule has 0 saturated carbocycles. The molecule has 2 amide bonds. The van der Waals surface area contributed by atoms with Crippen molar-refractivity contribution >= 4 is 27.9 Å². The number of nitrogens with one attached hydrogen (secondary N) is 1. The first-order valence-corrected chi connectivity index (χ1v) is 11.2. The number of nitrogens with zero attached hydrogens (tertiary/aromatic N) is 6. The van der Waals surface area contributed by atoms with E-state index < -0.39 is 6.10 Å². The van der Waals surface area contributed by atoms with Gasteiger partial charge >= 0.3 is 6.03 Å². The van der Waals surface area contributed by atoms with Crippen LogP contribution in [-0.2, 0) is 11.2 Å². The van der Waals surface area contributed by atoms with E-state index >= 15 is 0 Å². The first-order chi connectivity index (χ1) is 15.6. The van der Waals surface area contributed by atoms with Gasteiger partial charge in [-0.25, -0.2) is 14.5 Å². The summed E-state index contributed by atoms with van der Waals surface area (Å²) in [6.07, 6.45) is 5.11. The highest BCUT2D eigenvalue weighted by atomic mass is 32.1. The molecule has 3 aromatic heterocycles. The lowest BCUT2D eigenvalue weighted by atomic mass is 10.1. The average Bonchev–Trinajstić information content (AvgIpc) is 3.56. The number of benzene rings is 1. The van der Waals surface area contributed by atoms with E-state index in [0.29, 0.717) is 37.7 Å². The van der Waals surface area contributed by atoms with Crippen molar-refractivity contribution in [2.24, 2.45) is 0 Å². The number of hydrogen-bond acceptors (Lipinski definition) is 7. The van der Waals surface area contributed by atoms with E-state index in [-0.39, 0.29) is 6.03 Å². The number of aliphatic hydroxyl groups excluding tert-OH is 1. The Morgan fingerprint density at radius 2 is 2.06 bits per heavy atom. The molecule has 11 heteroatoms. The Morgan fingerprint density at radius 1 is 1.28 bits per heavy atom. The minimum atomic E-state index is -0.909. The maximum atomic E-state index is 12.3. The molecule has 0 spiro atoms. The Kier molecular flexibility index (Phi) is 5.60. The average molecular weight is 454 g/mol. The summed E-state index contributed by atoms with van der Waals surface area (Å²) in [6, 6.07) is 7.18. The van der Waals surface area contributed by atoms with Crippen LogP contribution >= 0.6 is 11.3 Å². The van der Waals surface area contributed by atoms with Crippen LogP contribution < -0.4 is 5.32 Å². The van der Waals surface area contributed by atoms with E-state index in [1.54, 1.807) is 39.6 Å². The largest absolute Gasteiger partial charge is 0.380 e. The van der Waals surface area contributed by atoms with E-state index in [2.05, 4.69) is 27.5 Å². The van der Waals surface area contributed by atoms with Gasteiger partial charge in [0, 0.05) is 23.7 Å². The van der Waals surface area contributed by atoms with Crippen LogP contribution in [0.25, 0.3) is 10.5 Å². The van der Waals surface area contributed by atoms with Gasteiger partial charge in [-0.15, -0.1) is 16.4 Å². The van der Waals surface area contributed by atoms with Gasteiger partial charge in [0.15, 0.2) is 0 Å². The molecule has 0 radical (unpaired) electrons. The monoisotopic (exact) mass is 453 g/mol. The Balaban J connectivity index is 1.32. The maximum absolute atomic E-state index is 12.3. The zero-order chi connectivity index (χ0) is 22.1. The Morgan fingerprint density at radius 3 is 2.81 bits per heavy atom. The molecule has 2 N–H and O–H groups in total. The van der Waals surface area contributed by atoms with Crippen molar-refractivity contribution in [3.8, 4) is 5.69 Å². The van der Waals surface area contributed by atoms with Crippen LogP contribution in [-0.4, -0.2) is 66.7 Å². The minimum absolute atomic E-state index is 0.138. The van der Waals surface area contributed by atoms with E-state index in [1.807, 2.05) is 28.7 Å². The third kappa shape index (κ3) is 3.85. The fourth-order valence-electron chi connectivity index (χ4n) is 3.72. The van der Waals surface area contributed by atoms with Gasteiger partial charge in [-0.2, -0.15) is 0 Å². The summed E-state index contributed by atoms with van der Waals surface area (Å²) >= 11 is 1.61. The van der Waals surface area contributed by atoms with E-state index in [4.69, 9.17) is 4.74 Å². The number of morpholine rings is 1. The van der Waals surface area contributed by atoms with Crippen molar-refractivity contribution in [1.29, 1.82) is 0 Å². The number of carbonyl (C=O) groups excluding carboxylic acids is 1. The number of amides is 2. The molecule has 0 aliphatic carbocycles. The van der Waals surface area contributed by atoms with Crippen molar-refractivity contribution in [3.63, 3.8) is 0 Å². The van der Waals surface area contributed by atoms with Gasteiger partial charge in [-0.1, -0.05) is 12.1 Å². The highest BCUT2D eigenvalue weighted by Crippen LogP contribution is 2.31. The van der Waals surface area contributed by atoms with Crippen LogP contribution in [0.4, 0.5) is 10.5 Å². The Hall–Kier alpha value is -3.28. The Labute approximate surface area is 188 Å². The number of fused-ring (bicyclic) bond motifs is 1. The molecule has 1 saturated heterocycles. The van der Waals surface area contributed by atoms with Gasteiger partial charge in [0.1, 0.15) is 23.0 Å². The van der Waals surface area contributed by atoms with Crippen molar-refractivity contribution in [2.45, 2.75) is 19.4 Å². The summed E-state index contributed by atoms with van der Waals surface area (Å²) in [6.45, 7) is 4.35. The zero-order valence-corrected chi connectivity index (χ0v) is 18.3. The SMILES string of the molecule is CCc1sc2cncn2c1C(O)c1cn(-c2ccc(NC(=O)N3CCOCC3)cc2)nn1. The molecule has 1 unspecified atom stereocenters. The highest BCUT2D eigenvalue weighted by Gasteiger charge is 2.23. The summed E-state index contributed by atoms with van der Waals surface area (Å²) in [4.78, 5) is 20.3. The lowest BCUT2D eigenvalue weighted by Crippen LogP contribution is -2.43. The maximum Gasteiger partial charge on any atom is 0.321 e. The predicted octanol–water partition coefficient (Wildman–Crippen LogP) is 2.48. The van der Waals surface area contributed by atoms with Gasteiger partial charge < -0.3 is 20.1 Å². The predicted molar refractivity (Wildman–Crippen MR) is 119 cm³/mol. The topological polar surface area (TPSA) is 110 Å². The number of aryl methyl sites for hydroxylation is 1. The number of ether oxygens (including phenoxy) is 1. The number of imidazole rings is 1. The normalized spacial score (nSPS) is 15.2. The summed E-state index contributed by atoms with van der Waals surface area (Å²) < 4.78 is 8.79. The molecule has 1 atom stereocenters. The minimum Gasteiger partial charge on any atom is -0.380 e. The molecule has 1 aliphatic rings. The second-order valence-electron chi connectivity index (χ2n) is 7.43. The number of aromatic nitrogens is 5. The number of urea groups is 1. The third-order valence-corrected chi connectivity index (χ3v) is 6.69. The van der Waals surface area contributed by atoms with Gasteiger partial charge in [0.2, 0.25) is 0 Å². The van der Waals surface area contributed by atoms with Crippen molar-refractivity contribution < 1.29 is 14.6 Å². The second-order valence-corrected chi connectivity index (χ2v) is 8.55. The molecule has 4 heterocycles. The van der Waals surface area contributed by atoms with Crippen LogP contribution in [0.1, 0.15) is 29.3 Å². The molecule has 1 aromatic carbocycles. The third-order valence-electron chi connectivity index (χ3n) is 5.43. The molecule has 1 fully saturated rings. The summed E-state index contributed by atoms with van der Waals surface area (Å²) in [5.41, 5.74) is 2.70. The molecular formula is C21H23N7O3S. The zero-order valence-electron chi connectivity index (χ0n) is 17.5. The first kappa shape index (κ1) is 20.6. The van der Waals surface area contributed by atoms with Crippen molar-refractivity contribution in [2.75, 3.05) is 31.6 Å². The van der Waals surface area contributed by atoms with Crippen LogP contribution in [0.5, 0.6) is 0 Å². The summed E-state index contributed by atoms with van der Waals surface area (Å²) in [5.74, 6) is 0. The number of anilines is 1. The summed E-state index contributed by atoms with van der Waals surface area (Å²) in [7, 11) is 0. The number of rotatable bonds is 5. The number of hydrogen-bond donors (Lipinski definition) is 2. The molecule has 1 aliphatic heterocycles. The van der Waals surface area contributed by atoms with Crippen molar-refractivity contribution in [1.82, 2.24) is 29.3 Å². The van der Waals surface area contributed by atoms with E-state index in [1.165, 1.54) is 0 Å². The Bertz CT molecular complexity index is 1220. The van der Waals surface area contributed by atoms with Gasteiger partial charge in [-0.05, 0) is 30.7 Å². The molecular weight excluding hydrogens is 430 g/mol. The van der Waals surface area contributed by atoms with E-state index in [0.717, 1.165) is 27.5 Å². The van der Waals surface area contributed by atoms with Crippen LogP contribution in [0.2, 0.25) is 0 Å². The number of carbonyl (C=O) groups is 1. The fourth-order valence-corrected chi connectivity index (χ4v) is 4.79. The van der Waals surface area contributed by atoms with Gasteiger partial charge in [0.25, 0.3) is 0 Å². The summed E-state index contributed by atoms with van der Waals surface area (Å²) in [5, 5.41) is 22.3. The number of aliphatic hydroxyl groups is 1. The first-order valence-electron chi connectivity index (χ1n) is 10.4. The number of thiazole rings is 1. The standard InChI is InChI=1S/C21H23N7O3S/c1-2-17-19(27-13-22-11-18(27)32-17)20(29)16-12-28(25-24-16)15-5-3-14(4-6-15)23-21(30)26-7-9-31-10-8-26/h3-6,11-13,20,29H,2,7-10H2,1H3,(H,23,30). The van der Waals surface area contributed by atoms with Crippen LogP contribution in [0.3, 0.4) is 0 Å². The molecule has 4 aromatic rings. The van der Waals surface area contributed by atoms with Gasteiger partial charge in [-0.3, -0.25) is 4.40 Å². The lowest BCUT2D eigenvalue weighted by molar-refractivity contribution is 0.0564. The van der Waals surface area contributed by atoms with E-state index in [9.17, 15) is 9.90 Å². The fraction of sp³-hybridized carbons (Fsp3) is 0.333. The molecule has 5 rings (SSSR count). The lowest BCUT2D eigenvalue weighted by Gasteiger charge is -2.26. The quantitative estimate of drug-likeness (QED) is 0.480.